The van der Waals surface area contributed by atoms with E-state index in [2.05, 4.69) is 0 Å². The third kappa shape index (κ3) is 4.06. The van der Waals surface area contributed by atoms with Gasteiger partial charge in [0.25, 0.3) is 0 Å². The van der Waals surface area contributed by atoms with E-state index in [1.54, 1.807) is 13.1 Å². The molecule has 0 unspecified atom stereocenters. The van der Waals surface area contributed by atoms with Crippen LogP contribution in [0.3, 0.4) is 0 Å². The van der Waals surface area contributed by atoms with Gasteiger partial charge < -0.3 is 19.1 Å². The minimum atomic E-state index is -0.349. The minimum absolute atomic E-state index is 0.186. The van der Waals surface area contributed by atoms with Gasteiger partial charge in [-0.2, -0.15) is 0 Å². The standard InChI is InChI=1S/C18H23NO4/c1-4-22-16-7-6-14(12-17(16)23-5-2)8-10-19-11-9-15(20)18(21)13(19)3/h6-7,9,11-12,21H,4-5,8,10H2,1-3H3. The van der Waals surface area contributed by atoms with E-state index in [9.17, 15) is 9.90 Å². The van der Waals surface area contributed by atoms with Crippen LogP contribution in [-0.4, -0.2) is 22.9 Å². The fraction of sp³-hybridized carbons (Fsp3) is 0.389. The summed E-state index contributed by atoms with van der Waals surface area (Å²) in [5.74, 6) is 1.30. The van der Waals surface area contributed by atoms with Crippen molar-refractivity contribution in [3.05, 3.63) is 51.9 Å². The van der Waals surface area contributed by atoms with Crippen molar-refractivity contribution in [1.29, 1.82) is 0 Å². The lowest BCUT2D eigenvalue weighted by Gasteiger charge is -2.14. The topological polar surface area (TPSA) is 60.7 Å². The predicted molar refractivity (Wildman–Crippen MR) is 89.6 cm³/mol. The van der Waals surface area contributed by atoms with Crippen molar-refractivity contribution < 1.29 is 14.6 Å². The number of pyridine rings is 1. The summed E-state index contributed by atoms with van der Waals surface area (Å²) in [6.45, 7) is 7.45. The van der Waals surface area contributed by atoms with Gasteiger partial charge in [-0.25, -0.2) is 0 Å². The quantitative estimate of drug-likeness (QED) is 0.853. The lowest BCUT2D eigenvalue weighted by molar-refractivity contribution is 0.287. The first-order valence-corrected chi connectivity index (χ1v) is 7.84. The van der Waals surface area contributed by atoms with Crippen LogP contribution in [-0.2, 0) is 13.0 Å². The Bertz CT molecular complexity index is 721. The Morgan fingerprint density at radius 3 is 2.48 bits per heavy atom. The zero-order valence-electron chi connectivity index (χ0n) is 13.8. The zero-order chi connectivity index (χ0) is 16.8. The maximum atomic E-state index is 11.4. The van der Waals surface area contributed by atoms with Gasteiger partial charge in [0.2, 0.25) is 5.43 Å². The molecular formula is C18H23NO4. The molecule has 0 aliphatic heterocycles. The second kappa shape index (κ2) is 7.72. The van der Waals surface area contributed by atoms with Crippen LogP contribution < -0.4 is 14.9 Å². The molecule has 0 radical (unpaired) electrons. The molecule has 1 N–H and O–H groups in total. The van der Waals surface area contributed by atoms with Crippen molar-refractivity contribution in [3.8, 4) is 17.2 Å². The Labute approximate surface area is 136 Å². The molecule has 0 fully saturated rings. The summed E-state index contributed by atoms with van der Waals surface area (Å²) < 4.78 is 13.1. The molecule has 5 nitrogen and oxygen atoms in total. The maximum absolute atomic E-state index is 11.4. The highest BCUT2D eigenvalue weighted by molar-refractivity contribution is 5.43. The second-order valence-electron chi connectivity index (χ2n) is 5.20. The molecule has 124 valence electrons. The van der Waals surface area contributed by atoms with Gasteiger partial charge in [0.05, 0.1) is 18.9 Å². The summed E-state index contributed by atoms with van der Waals surface area (Å²) >= 11 is 0. The third-order valence-corrected chi connectivity index (χ3v) is 3.66. The van der Waals surface area contributed by atoms with Gasteiger partial charge in [0, 0.05) is 18.8 Å². The summed E-state index contributed by atoms with van der Waals surface area (Å²) in [6.07, 6.45) is 2.46. The minimum Gasteiger partial charge on any atom is -0.503 e. The normalized spacial score (nSPS) is 10.6. The van der Waals surface area contributed by atoms with Gasteiger partial charge in [-0.05, 0) is 44.9 Å². The van der Waals surface area contributed by atoms with E-state index < -0.39 is 0 Å². The van der Waals surface area contributed by atoms with Gasteiger partial charge in [-0.1, -0.05) is 6.07 Å². The number of rotatable bonds is 7. The van der Waals surface area contributed by atoms with Crippen LogP contribution in [0.1, 0.15) is 25.1 Å². The first kappa shape index (κ1) is 16.9. The Hall–Kier alpha value is -2.43. The van der Waals surface area contributed by atoms with Crippen LogP contribution in [0.15, 0.2) is 35.3 Å². The van der Waals surface area contributed by atoms with E-state index in [1.807, 2.05) is 36.6 Å². The molecule has 0 amide bonds. The Balaban J connectivity index is 2.16. The number of benzene rings is 1. The Morgan fingerprint density at radius 1 is 1.09 bits per heavy atom. The second-order valence-corrected chi connectivity index (χ2v) is 5.20. The van der Waals surface area contributed by atoms with E-state index >= 15 is 0 Å². The van der Waals surface area contributed by atoms with Crippen molar-refractivity contribution >= 4 is 0 Å². The maximum Gasteiger partial charge on any atom is 0.223 e. The third-order valence-electron chi connectivity index (χ3n) is 3.66. The molecule has 0 spiro atoms. The SMILES string of the molecule is CCOc1ccc(CCn2ccc(=O)c(O)c2C)cc1OCC. The molecule has 0 atom stereocenters. The smallest absolute Gasteiger partial charge is 0.223 e. The van der Waals surface area contributed by atoms with Crippen molar-refractivity contribution in [2.45, 2.75) is 33.7 Å². The summed E-state index contributed by atoms with van der Waals surface area (Å²) in [7, 11) is 0. The molecule has 0 bridgehead atoms. The summed E-state index contributed by atoms with van der Waals surface area (Å²) in [5.41, 5.74) is 1.33. The number of aryl methyl sites for hydroxylation is 2. The molecule has 1 aromatic heterocycles. The lowest BCUT2D eigenvalue weighted by Crippen LogP contribution is -2.11. The molecule has 0 saturated heterocycles. The van der Waals surface area contributed by atoms with Crippen LogP contribution in [0.25, 0.3) is 0 Å². The van der Waals surface area contributed by atoms with Crippen molar-refractivity contribution in [3.63, 3.8) is 0 Å². The summed E-state index contributed by atoms with van der Waals surface area (Å²) in [5, 5.41) is 9.72. The number of aromatic nitrogens is 1. The highest BCUT2D eigenvalue weighted by atomic mass is 16.5. The molecule has 0 aliphatic carbocycles. The van der Waals surface area contributed by atoms with Crippen LogP contribution in [0, 0.1) is 6.92 Å². The number of nitrogens with zero attached hydrogens (tertiary/aromatic N) is 1. The van der Waals surface area contributed by atoms with Crippen LogP contribution >= 0.6 is 0 Å². The van der Waals surface area contributed by atoms with Crippen molar-refractivity contribution in [1.82, 2.24) is 4.57 Å². The fourth-order valence-corrected chi connectivity index (χ4v) is 2.41. The van der Waals surface area contributed by atoms with Gasteiger partial charge in [-0.3, -0.25) is 4.79 Å². The molecule has 2 aromatic rings. The largest absolute Gasteiger partial charge is 0.503 e. The molecule has 0 saturated carbocycles. The van der Waals surface area contributed by atoms with E-state index in [0.29, 0.717) is 25.5 Å². The van der Waals surface area contributed by atoms with Gasteiger partial charge in [0.1, 0.15) is 0 Å². The summed E-state index contributed by atoms with van der Waals surface area (Å²) in [6, 6.07) is 7.28. The van der Waals surface area contributed by atoms with Crippen LogP contribution in [0.4, 0.5) is 0 Å². The molecule has 1 aromatic carbocycles. The lowest BCUT2D eigenvalue weighted by atomic mass is 10.1. The van der Waals surface area contributed by atoms with Crippen molar-refractivity contribution in [2.75, 3.05) is 13.2 Å². The Kier molecular flexibility index (Phi) is 5.68. The van der Waals surface area contributed by atoms with Crippen LogP contribution in [0.2, 0.25) is 0 Å². The average Bonchev–Trinajstić information content (AvgIpc) is 2.54. The Morgan fingerprint density at radius 2 is 1.78 bits per heavy atom. The molecule has 1 heterocycles. The number of aromatic hydroxyl groups is 1. The summed E-state index contributed by atoms with van der Waals surface area (Å²) in [4.78, 5) is 11.4. The molecule has 23 heavy (non-hydrogen) atoms. The predicted octanol–water partition coefficient (Wildman–Crippen LogP) is 2.90. The number of hydrogen-bond acceptors (Lipinski definition) is 4. The highest BCUT2D eigenvalue weighted by Crippen LogP contribution is 2.29. The highest BCUT2D eigenvalue weighted by Gasteiger charge is 2.08. The molecule has 0 aliphatic rings. The van der Waals surface area contributed by atoms with Gasteiger partial charge >= 0.3 is 0 Å². The first-order chi connectivity index (χ1) is 11.1. The van der Waals surface area contributed by atoms with Gasteiger partial charge in [-0.15, -0.1) is 0 Å². The fourth-order valence-electron chi connectivity index (χ4n) is 2.41. The first-order valence-electron chi connectivity index (χ1n) is 7.84. The molecule has 2 rings (SSSR count). The van der Waals surface area contributed by atoms with E-state index in [4.69, 9.17) is 9.47 Å². The molecular weight excluding hydrogens is 294 g/mol. The average molecular weight is 317 g/mol. The number of hydrogen-bond donors (Lipinski definition) is 1. The van der Waals surface area contributed by atoms with Crippen molar-refractivity contribution in [2.24, 2.45) is 0 Å². The number of ether oxygens (including phenoxy) is 2. The molecule has 5 heteroatoms. The monoisotopic (exact) mass is 317 g/mol. The van der Waals surface area contributed by atoms with E-state index in [0.717, 1.165) is 23.5 Å². The van der Waals surface area contributed by atoms with Crippen LogP contribution in [0.5, 0.6) is 17.2 Å². The zero-order valence-corrected chi connectivity index (χ0v) is 13.8. The van der Waals surface area contributed by atoms with E-state index in [-0.39, 0.29) is 11.2 Å². The van der Waals surface area contributed by atoms with E-state index in [1.165, 1.54) is 6.07 Å². The van der Waals surface area contributed by atoms with Gasteiger partial charge in [0.15, 0.2) is 17.2 Å².